The zero-order valence-electron chi connectivity index (χ0n) is 21.7. The number of piperazine rings is 1. The van der Waals surface area contributed by atoms with Crippen LogP contribution in [0.1, 0.15) is 75.2 Å². The second-order valence-electron chi connectivity index (χ2n) is 11.0. The summed E-state index contributed by atoms with van der Waals surface area (Å²) in [5.74, 6) is -0.911. The average Bonchev–Trinajstić information content (AvgIpc) is 3.13. The molecule has 3 heterocycles. The summed E-state index contributed by atoms with van der Waals surface area (Å²) in [7, 11) is 0. The lowest BCUT2D eigenvalue weighted by molar-refractivity contribution is -0.155. The minimum absolute atomic E-state index is 0.118. The molecule has 196 valence electrons. The van der Waals surface area contributed by atoms with Crippen molar-refractivity contribution in [3.63, 3.8) is 0 Å². The van der Waals surface area contributed by atoms with E-state index in [-0.39, 0.29) is 30.1 Å². The number of carbonyl (C=O) groups is 4. The van der Waals surface area contributed by atoms with Gasteiger partial charge in [0, 0.05) is 56.8 Å². The molecule has 0 bridgehead atoms. The largest absolute Gasteiger partial charge is 0.460 e. The molecule has 0 saturated carbocycles. The highest BCUT2D eigenvalue weighted by Gasteiger charge is 2.39. The molecule has 9 heteroatoms. The minimum Gasteiger partial charge on any atom is -0.460 e. The van der Waals surface area contributed by atoms with E-state index in [1.54, 1.807) is 4.90 Å². The number of rotatable bonds is 8. The van der Waals surface area contributed by atoms with E-state index in [9.17, 15) is 19.2 Å². The van der Waals surface area contributed by atoms with Gasteiger partial charge in [0.1, 0.15) is 11.6 Å². The maximum atomic E-state index is 12.9. The second kappa shape index (κ2) is 11.0. The number of carbonyl (C=O) groups excluding carboxylic acids is 4. The lowest BCUT2D eigenvalue weighted by atomic mass is 10.0. The van der Waals surface area contributed by atoms with E-state index in [0.29, 0.717) is 24.9 Å². The molecule has 0 radical (unpaired) electrons. The van der Waals surface area contributed by atoms with Gasteiger partial charge in [-0.05, 0) is 70.3 Å². The first-order valence-electron chi connectivity index (χ1n) is 13.1. The van der Waals surface area contributed by atoms with Crippen LogP contribution >= 0.6 is 0 Å². The number of fused-ring (bicyclic) bond motifs is 1. The number of piperidine rings is 1. The average molecular weight is 499 g/mol. The lowest BCUT2D eigenvalue weighted by Crippen LogP contribution is -2.52. The van der Waals surface area contributed by atoms with E-state index in [1.807, 2.05) is 32.9 Å². The zero-order chi connectivity index (χ0) is 25.9. The van der Waals surface area contributed by atoms with Crippen molar-refractivity contribution in [3.8, 4) is 0 Å². The fourth-order valence-electron chi connectivity index (χ4n) is 5.16. The number of benzene rings is 1. The highest BCUT2D eigenvalue weighted by atomic mass is 16.6. The molecule has 36 heavy (non-hydrogen) atoms. The summed E-state index contributed by atoms with van der Waals surface area (Å²) in [6.07, 6.45) is 4.06. The predicted molar refractivity (Wildman–Crippen MR) is 135 cm³/mol. The molecule has 1 N–H and O–H groups in total. The van der Waals surface area contributed by atoms with Gasteiger partial charge in [-0.3, -0.25) is 29.4 Å². The lowest BCUT2D eigenvalue weighted by Gasteiger charge is -2.36. The van der Waals surface area contributed by atoms with E-state index >= 15 is 0 Å². The molecule has 1 atom stereocenters. The molecule has 3 aliphatic rings. The zero-order valence-corrected chi connectivity index (χ0v) is 21.7. The van der Waals surface area contributed by atoms with Crippen LogP contribution in [0.15, 0.2) is 18.2 Å². The van der Waals surface area contributed by atoms with Crippen molar-refractivity contribution in [1.29, 1.82) is 0 Å². The Balaban J connectivity index is 1.21. The third-order valence-corrected chi connectivity index (χ3v) is 7.02. The second-order valence-corrected chi connectivity index (χ2v) is 11.0. The minimum atomic E-state index is -0.585. The number of anilines is 1. The maximum Gasteiger partial charge on any atom is 0.306 e. The highest BCUT2D eigenvalue weighted by molar-refractivity contribution is 6.05. The molecular weight excluding hydrogens is 460 g/mol. The summed E-state index contributed by atoms with van der Waals surface area (Å²) in [5.41, 5.74) is 2.27. The SMILES string of the molecule is CC(C)(C)OC(=O)CCCCCN1CCN(c2ccc3c(c2)CN(C2CCC(=O)NC2=O)C3=O)CC1. The summed E-state index contributed by atoms with van der Waals surface area (Å²) in [4.78, 5) is 54.9. The molecule has 2 saturated heterocycles. The standard InChI is InChI=1S/C27H38N4O5/c1-27(2,3)36-24(33)7-5-4-6-12-29-13-15-30(16-14-29)20-8-9-21-19(17-20)18-31(26(21)35)22-10-11-23(32)28-25(22)34/h8-9,17,22H,4-7,10-16,18H2,1-3H3,(H,28,32,34). The molecule has 1 aromatic carbocycles. The Morgan fingerprint density at radius 1 is 1.06 bits per heavy atom. The molecule has 1 aromatic rings. The first kappa shape index (κ1) is 26.1. The van der Waals surface area contributed by atoms with Crippen LogP contribution in [-0.4, -0.2) is 77.9 Å². The Labute approximate surface area is 213 Å². The van der Waals surface area contributed by atoms with Crippen molar-refractivity contribution in [2.45, 2.75) is 77.5 Å². The Kier molecular flexibility index (Phi) is 7.97. The number of ether oxygens (including phenoxy) is 1. The topological polar surface area (TPSA) is 99.3 Å². The number of imide groups is 1. The van der Waals surface area contributed by atoms with E-state index in [0.717, 1.165) is 63.2 Å². The van der Waals surface area contributed by atoms with Crippen molar-refractivity contribution in [2.75, 3.05) is 37.6 Å². The van der Waals surface area contributed by atoms with Crippen LogP contribution in [-0.2, 0) is 25.7 Å². The molecule has 3 amide bonds. The van der Waals surface area contributed by atoms with Gasteiger partial charge in [-0.2, -0.15) is 0 Å². The fraction of sp³-hybridized carbons (Fsp3) is 0.630. The van der Waals surface area contributed by atoms with Gasteiger partial charge < -0.3 is 14.5 Å². The summed E-state index contributed by atoms with van der Waals surface area (Å²) in [6, 6.07) is 5.36. The Hall–Kier alpha value is -2.94. The third kappa shape index (κ3) is 6.43. The van der Waals surface area contributed by atoms with Crippen molar-refractivity contribution in [2.24, 2.45) is 0 Å². The van der Waals surface area contributed by atoms with Crippen LogP contribution < -0.4 is 10.2 Å². The third-order valence-electron chi connectivity index (χ3n) is 7.02. The molecule has 3 aliphatic heterocycles. The molecule has 0 aliphatic carbocycles. The molecule has 9 nitrogen and oxygen atoms in total. The number of esters is 1. The number of amides is 3. The molecule has 4 rings (SSSR count). The number of hydrogen-bond acceptors (Lipinski definition) is 7. The summed E-state index contributed by atoms with van der Waals surface area (Å²) >= 11 is 0. The van der Waals surface area contributed by atoms with Gasteiger partial charge in [0.05, 0.1) is 0 Å². The summed E-state index contributed by atoms with van der Waals surface area (Å²) in [6.45, 7) is 10.9. The van der Waals surface area contributed by atoms with Crippen LogP contribution in [0, 0.1) is 0 Å². The number of hydrogen-bond donors (Lipinski definition) is 1. The first-order valence-corrected chi connectivity index (χ1v) is 13.1. The van der Waals surface area contributed by atoms with Gasteiger partial charge in [0.25, 0.3) is 5.91 Å². The first-order chi connectivity index (χ1) is 17.1. The van der Waals surface area contributed by atoms with Crippen LogP contribution in [0.2, 0.25) is 0 Å². The van der Waals surface area contributed by atoms with Crippen molar-refractivity contribution >= 4 is 29.4 Å². The van der Waals surface area contributed by atoms with Gasteiger partial charge in [-0.25, -0.2) is 0 Å². The Morgan fingerprint density at radius 2 is 1.81 bits per heavy atom. The van der Waals surface area contributed by atoms with Crippen molar-refractivity contribution in [1.82, 2.24) is 15.1 Å². The van der Waals surface area contributed by atoms with E-state index in [1.165, 1.54) is 0 Å². The van der Waals surface area contributed by atoms with E-state index in [4.69, 9.17) is 4.74 Å². The molecule has 0 spiro atoms. The summed E-state index contributed by atoms with van der Waals surface area (Å²) < 4.78 is 5.36. The molecular formula is C27H38N4O5. The van der Waals surface area contributed by atoms with Gasteiger partial charge >= 0.3 is 5.97 Å². The maximum absolute atomic E-state index is 12.9. The number of unbranched alkanes of at least 4 members (excludes halogenated alkanes) is 2. The van der Waals surface area contributed by atoms with Crippen LogP contribution in [0.4, 0.5) is 5.69 Å². The van der Waals surface area contributed by atoms with Crippen LogP contribution in [0.3, 0.4) is 0 Å². The number of nitrogens with zero attached hydrogens (tertiary/aromatic N) is 3. The van der Waals surface area contributed by atoms with E-state index < -0.39 is 11.6 Å². The molecule has 1 unspecified atom stereocenters. The highest BCUT2D eigenvalue weighted by Crippen LogP contribution is 2.31. The molecule has 2 fully saturated rings. The fourth-order valence-corrected chi connectivity index (χ4v) is 5.16. The van der Waals surface area contributed by atoms with Gasteiger partial charge in [-0.15, -0.1) is 0 Å². The smallest absolute Gasteiger partial charge is 0.306 e. The summed E-state index contributed by atoms with van der Waals surface area (Å²) in [5, 5.41) is 2.35. The van der Waals surface area contributed by atoms with E-state index in [2.05, 4.69) is 21.2 Å². The Bertz CT molecular complexity index is 1010. The van der Waals surface area contributed by atoms with Crippen LogP contribution in [0.5, 0.6) is 0 Å². The van der Waals surface area contributed by atoms with Gasteiger partial charge in [0.15, 0.2) is 0 Å². The number of nitrogens with one attached hydrogen (secondary N) is 1. The van der Waals surface area contributed by atoms with Crippen LogP contribution in [0.25, 0.3) is 0 Å². The van der Waals surface area contributed by atoms with Gasteiger partial charge in [-0.1, -0.05) is 6.42 Å². The predicted octanol–water partition coefficient (Wildman–Crippen LogP) is 2.47. The monoisotopic (exact) mass is 498 g/mol. The molecule has 0 aromatic heterocycles. The Morgan fingerprint density at radius 3 is 2.50 bits per heavy atom. The normalized spacial score (nSPS) is 21.0. The van der Waals surface area contributed by atoms with Gasteiger partial charge in [0.2, 0.25) is 11.8 Å². The van der Waals surface area contributed by atoms with Crippen molar-refractivity contribution < 1.29 is 23.9 Å². The quantitative estimate of drug-likeness (QED) is 0.334. The van der Waals surface area contributed by atoms with Crippen molar-refractivity contribution in [3.05, 3.63) is 29.3 Å².